The van der Waals surface area contributed by atoms with Gasteiger partial charge in [-0.05, 0) is 6.07 Å². The molecule has 6 heteroatoms. The van der Waals surface area contributed by atoms with Gasteiger partial charge in [0.15, 0.2) is 0 Å². The van der Waals surface area contributed by atoms with Crippen LogP contribution in [0.1, 0.15) is 0 Å². The van der Waals surface area contributed by atoms with E-state index in [1.807, 2.05) is 0 Å². The summed E-state index contributed by atoms with van der Waals surface area (Å²) in [6.45, 7) is 0. The van der Waals surface area contributed by atoms with E-state index in [1.54, 1.807) is 6.07 Å². The monoisotopic (exact) mass is 150 g/mol. The van der Waals surface area contributed by atoms with Crippen LogP contribution in [-0.2, 0) is 11.1 Å². The van der Waals surface area contributed by atoms with Crippen molar-refractivity contribution >= 4 is 11.1 Å². The Labute approximate surface area is 72.5 Å². The van der Waals surface area contributed by atoms with Crippen molar-refractivity contribution in [1.82, 2.24) is 9.97 Å². The van der Waals surface area contributed by atoms with Crippen LogP contribution in [0.25, 0.3) is 0 Å². The summed E-state index contributed by atoms with van der Waals surface area (Å²) in [5.41, 5.74) is 0. The molecule has 0 bridgehead atoms. The molecule has 0 spiro atoms. The SMILES string of the molecule is O=S([O-])c1ncccn1.[Li+]. The standard InChI is InChI=1S/C4H4N2O2S.Li/c7-9(8)4-5-2-1-3-6-4;/h1-3H,(H,7,8);/q;+1/p-1. The van der Waals surface area contributed by atoms with Gasteiger partial charge in [-0.1, -0.05) is 0 Å². The van der Waals surface area contributed by atoms with Gasteiger partial charge in [-0.2, -0.15) is 0 Å². The molecule has 0 amide bonds. The Bertz CT molecular complexity index is 218. The van der Waals surface area contributed by atoms with Crippen LogP contribution in [0.5, 0.6) is 0 Å². The summed E-state index contributed by atoms with van der Waals surface area (Å²) < 4.78 is 20.2. The molecule has 0 aromatic carbocycles. The molecule has 4 nitrogen and oxygen atoms in total. The maximum absolute atomic E-state index is 10.1. The Morgan fingerprint density at radius 2 is 1.90 bits per heavy atom. The first-order chi connectivity index (χ1) is 4.30. The molecular formula is C4H3LiN2O2S. The van der Waals surface area contributed by atoms with E-state index in [2.05, 4.69) is 9.97 Å². The molecule has 10 heavy (non-hydrogen) atoms. The van der Waals surface area contributed by atoms with E-state index in [4.69, 9.17) is 0 Å². The molecule has 48 valence electrons. The molecule has 0 fully saturated rings. The zero-order valence-corrected chi connectivity index (χ0v) is 6.17. The number of rotatable bonds is 1. The predicted molar refractivity (Wildman–Crippen MR) is 29.2 cm³/mol. The molecule has 0 aliphatic carbocycles. The molecule has 1 rings (SSSR count). The van der Waals surface area contributed by atoms with E-state index in [0.29, 0.717) is 0 Å². The zero-order chi connectivity index (χ0) is 6.69. The van der Waals surface area contributed by atoms with Crippen LogP contribution < -0.4 is 18.9 Å². The number of nitrogens with zero attached hydrogens (tertiary/aromatic N) is 2. The summed E-state index contributed by atoms with van der Waals surface area (Å²) in [6, 6.07) is 1.55. The number of aromatic nitrogens is 2. The van der Waals surface area contributed by atoms with Crippen LogP contribution >= 0.6 is 0 Å². The maximum Gasteiger partial charge on any atom is 1.00 e. The Morgan fingerprint density at radius 1 is 1.40 bits per heavy atom. The second kappa shape index (κ2) is 4.58. The van der Waals surface area contributed by atoms with E-state index in [0.717, 1.165) is 0 Å². The van der Waals surface area contributed by atoms with Crippen molar-refractivity contribution in [3.63, 3.8) is 0 Å². The van der Waals surface area contributed by atoms with Gasteiger partial charge in [0.05, 0.1) is 0 Å². The van der Waals surface area contributed by atoms with Crippen molar-refractivity contribution in [3.8, 4) is 0 Å². The van der Waals surface area contributed by atoms with Crippen LogP contribution in [0.15, 0.2) is 23.6 Å². The van der Waals surface area contributed by atoms with E-state index < -0.39 is 11.1 Å². The summed E-state index contributed by atoms with van der Waals surface area (Å²) in [7, 11) is 0. The fourth-order valence-corrected chi connectivity index (χ4v) is 0.665. The summed E-state index contributed by atoms with van der Waals surface area (Å²) in [6.07, 6.45) is 2.75. The minimum atomic E-state index is -2.30. The maximum atomic E-state index is 10.1. The molecule has 0 radical (unpaired) electrons. The van der Waals surface area contributed by atoms with Crippen molar-refractivity contribution < 1.29 is 27.6 Å². The van der Waals surface area contributed by atoms with E-state index in [9.17, 15) is 8.76 Å². The van der Waals surface area contributed by atoms with Gasteiger partial charge >= 0.3 is 18.9 Å². The van der Waals surface area contributed by atoms with Crippen LogP contribution in [0, 0.1) is 0 Å². The van der Waals surface area contributed by atoms with Crippen LogP contribution in [0.2, 0.25) is 0 Å². The zero-order valence-electron chi connectivity index (χ0n) is 5.35. The Hall–Kier alpha value is -0.213. The summed E-state index contributed by atoms with van der Waals surface area (Å²) in [4.78, 5) is 6.91. The third-order valence-corrected chi connectivity index (χ3v) is 1.20. The summed E-state index contributed by atoms with van der Waals surface area (Å²) >= 11 is -2.30. The largest absolute Gasteiger partial charge is 1.00 e. The minimum absolute atomic E-state index is 0. The number of hydrogen-bond acceptors (Lipinski definition) is 4. The van der Waals surface area contributed by atoms with E-state index in [-0.39, 0.29) is 24.0 Å². The Balaban J connectivity index is 0.000000810. The topological polar surface area (TPSA) is 65.9 Å². The van der Waals surface area contributed by atoms with Gasteiger partial charge < -0.3 is 4.55 Å². The first-order valence-corrected chi connectivity index (χ1v) is 3.24. The van der Waals surface area contributed by atoms with Crippen LogP contribution in [-0.4, -0.2) is 18.7 Å². The van der Waals surface area contributed by atoms with E-state index >= 15 is 0 Å². The second-order valence-corrected chi connectivity index (χ2v) is 2.10. The molecule has 1 aromatic rings. The van der Waals surface area contributed by atoms with Crippen molar-refractivity contribution in [3.05, 3.63) is 18.5 Å². The smallest absolute Gasteiger partial charge is 0.766 e. The van der Waals surface area contributed by atoms with Crippen molar-refractivity contribution in [2.75, 3.05) is 0 Å². The third-order valence-electron chi connectivity index (χ3n) is 0.691. The van der Waals surface area contributed by atoms with Gasteiger partial charge in [-0.15, -0.1) is 0 Å². The molecule has 0 saturated carbocycles. The molecule has 0 N–H and O–H groups in total. The van der Waals surface area contributed by atoms with Crippen molar-refractivity contribution in [2.45, 2.75) is 5.16 Å². The second-order valence-electron chi connectivity index (χ2n) is 1.27. The van der Waals surface area contributed by atoms with Gasteiger partial charge in [-0.25, -0.2) is 9.97 Å². The summed E-state index contributed by atoms with van der Waals surface area (Å²) in [5.74, 6) is 0. The number of hydrogen-bond donors (Lipinski definition) is 0. The normalized spacial score (nSPS) is 11.7. The molecular weight excluding hydrogens is 147 g/mol. The Kier molecular flexibility index (Phi) is 4.48. The van der Waals surface area contributed by atoms with Gasteiger partial charge in [-0.3, -0.25) is 4.21 Å². The predicted octanol–water partition coefficient (Wildman–Crippen LogP) is -3.28. The molecule has 1 aromatic heterocycles. The van der Waals surface area contributed by atoms with Crippen molar-refractivity contribution in [2.24, 2.45) is 0 Å². The van der Waals surface area contributed by atoms with Gasteiger partial charge in [0.1, 0.15) is 0 Å². The van der Waals surface area contributed by atoms with Gasteiger partial charge in [0, 0.05) is 23.5 Å². The minimum Gasteiger partial charge on any atom is -0.766 e. The quantitative estimate of drug-likeness (QED) is 0.239. The Morgan fingerprint density at radius 3 is 2.20 bits per heavy atom. The molecule has 0 saturated heterocycles. The first-order valence-electron chi connectivity index (χ1n) is 2.17. The fourth-order valence-electron chi connectivity index (χ4n) is 0.371. The molecule has 1 heterocycles. The molecule has 0 aliphatic rings. The average Bonchev–Trinajstić information content (AvgIpc) is 1.90. The fraction of sp³-hybridized carbons (Fsp3) is 0. The van der Waals surface area contributed by atoms with Gasteiger partial charge in [0.2, 0.25) is 5.16 Å². The molecule has 1 unspecified atom stereocenters. The average molecular weight is 150 g/mol. The van der Waals surface area contributed by atoms with Crippen LogP contribution in [0.4, 0.5) is 0 Å². The third kappa shape index (κ3) is 2.58. The van der Waals surface area contributed by atoms with Gasteiger partial charge in [0.25, 0.3) is 0 Å². The molecule has 0 aliphatic heterocycles. The summed E-state index contributed by atoms with van der Waals surface area (Å²) in [5, 5.41) is -0.169. The van der Waals surface area contributed by atoms with E-state index in [1.165, 1.54) is 12.4 Å². The van der Waals surface area contributed by atoms with Crippen LogP contribution in [0.3, 0.4) is 0 Å². The molecule has 1 atom stereocenters. The first kappa shape index (κ1) is 9.79. The van der Waals surface area contributed by atoms with Crippen molar-refractivity contribution in [1.29, 1.82) is 0 Å².